The fourth-order valence-electron chi connectivity index (χ4n) is 5.37. The van der Waals surface area contributed by atoms with Crippen LogP contribution in [0.1, 0.15) is 42.2 Å². The monoisotopic (exact) mass is 618 g/mol. The lowest BCUT2D eigenvalue weighted by atomic mass is 10.0. The van der Waals surface area contributed by atoms with Gasteiger partial charge in [0.15, 0.2) is 0 Å². The van der Waals surface area contributed by atoms with E-state index in [1.54, 1.807) is 24.3 Å². The molecule has 0 amide bonds. The summed E-state index contributed by atoms with van der Waals surface area (Å²) in [5.74, 6) is -0.909. The molecule has 0 saturated carbocycles. The lowest BCUT2D eigenvalue weighted by Crippen LogP contribution is -2.21. The summed E-state index contributed by atoms with van der Waals surface area (Å²) in [6.07, 6.45) is 4.35. The van der Waals surface area contributed by atoms with E-state index in [-0.39, 0.29) is 22.4 Å². The molecular formula is C31H26Cl2F2N8. The second-order valence-electron chi connectivity index (χ2n) is 10.4. The van der Waals surface area contributed by atoms with Gasteiger partial charge in [0.25, 0.3) is 0 Å². The molecule has 5 aromatic rings. The Labute approximate surface area is 256 Å². The average Bonchev–Trinajstić information content (AvgIpc) is 3.69. The largest absolute Gasteiger partial charge is 0.371 e. The SMILES string of the molecule is CCN1CC[C@H](n2cc(C(Nc3cc(Cl)cc4c(Nc5ccc(F)c(Cl)c5)c(C#N)cnc34)c3ccc(F)cc3)nn2)C1. The van der Waals surface area contributed by atoms with Gasteiger partial charge in [-0.25, -0.2) is 13.5 Å². The standard InChI is InChI=1S/C31H26Cl2F2N8/c1-2-42-10-9-23(16-42)43-17-28(40-41-43)30(18-3-5-21(34)6-4-18)39-27-12-20(32)11-24-29(19(14-36)15-37-31(24)27)38-22-7-8-26(35)25(33)13-22/h3-8,11-13,15,17,23,30,39H,2,9-10,16H2,1H3,(H,37,38)/t23-,30?/m0/s1. The lowest BCUT2D eigenvalue weighted by Gasteiger charge is -2.21. The van der Waals surface area contributed by atoms with Crippen molar-refractivity contribution in [1.82, 2.24) is 24.9 Å². The van der Waals surface area contributed by atoms with E-state index >= 15 is 0 Å². The van der Waals surface area contributed by atoms with Gasteiger partial charge in [-0.3, -0.25) is 4.98 Å². The first kappa shape index (κ1) is 28.8. The van der Waals surface area contributed by atoms with Crippen LogP contribution in [0.3, 0.4) is 0 Å². The second kappa shape index (κ2) is 12.1. The molecule has 3 heterocycles. The Morgan fingerprint density at radius 2 is 1.93 bits per heavy atom. The highest BCUT2D eigenvalue weighted by Crippen LogP contribution is 2.38. The van der Waals surface area contributed by atoms with Gasteiger partial charge >= 0.3 is 0 Å². The first-order valence-corrected chi connectivity index (χ1v) is 14.5. The number of pyridine rings is 1. The highest BCUT2D eigenvalue weighted by molar-refractivity contribution is 6.32. The van der Waals surface area contributed by atoms with Crippen LogP contribution in [0, 0.1) is 23.0 Å². The van der Waals surface area contributed by atoms with Crippen molar-refractivity contribution in [2.24, 2.45) is 0 Å². The Morgan fingerprint density at radius 3 is 2.65 bits per heavy atom. The normalized spacial score (nSPS) is 15.9. The predicted molar refractivity (Wildman–Crippen MR) is 164 cm³/mol. The third-order valence-electron chi connectivity index (χ3n) is 7.64. The van der Waals surface area contributed by atoms with Crippen molar-refractivity contribution in [2.75, 3.05) is 30.3 Å². The fourth-order valence-corrected chi connectivity index (χ4v) is 5.77. The number of nitrogens with zero attached hydrogens (tertiary/aromatic N) is 6. The molecule has 0 aliphatic carbocycles. The summed E-state index contributed by atoms with van der Waals surface area (Å²) in [6, 6.07) is 15.7. The van der Waals surface area contributed by atoms with Crippen LogP contribution in [-0.4, -0.2) is 44.5 Å². The van der Waals surface area contributed by atoms with Crippen LogP contribution in [0.5, 0.6) is 0 Å². The van der Waals surface area contributed by atoms with Crippen molar-refractivity contribution in [3.05, 3.63) is 105 Å². The number of hydrogen-bond acceptors (Lipinski definition) is 7. The van der Waals surface area contributed by atoms with Gasteiger partial charge in [0.1, 0.15) is 23.4 Å². The Morgan fingerprint density at radius 1 is 1.12 bits per heavy atom. The first-order valence-electron chi connectivity index (χ1n) is 13.7. The molecule has 1 aliphatic heterocycles. The van der Waals surface area contributed by atoms with Gasteiger partial charge in [-0.05, 0) is 61.0 Å². The molecular weight excluding hydrogens is 593 g/mol. The molecule has 2 aromatic heterocycles. The highest BCUT2D eigenvalue weighted by Gasteiger charge is 2.26. The van der Waals surface area contributed by atoms with Crippen molar-refractivity contribution in [2.45, 2.75) is 25.4 Å². The van der Waals surface area contributed by atoms with E-state index < -0.39 is 11.9 Å². The molecule has 1 fully saturated rings. The maximum absolute atomic E-state index is 13.9. The summed E-state index contributed by atoms with van der Waals surface area (Å²) in [4.78, 5) is 6.96. The maximum atomic E-state index is 13.9. The van der Waals surface area contributed by atoms with Crippen LogP contribution in [0.4, 0.5) is 25.8 Å². The first-order chi connectivity index (χ1) is 20.8. The number of nitriles is 1. The number of aromatic nitrogens is 4. The molecule has 1 saturated heterocycles. The molecule has 2 N–H and O–H groups in total. The summed E-state index contributed by atoms with van der Waals surface area (Å²) < 4.78 is 29.6. The number of benzene rings is 3. The van der Waals surface area contributed by atoms with Gasteiger partial charge in [-0.2, -0.15) is 5.26 Å². The summed E-state index contributed by atoms with van der Waals surface area (Å²) in [7, 11) is 0. The van der Waals surface area contributed by atoms with Crippen LogP contribution in [0.25, 0.3) is 10.9 Å². The minimum Gasteiger partial charge on any atom is -0.371 e. The Kier molecular flexibility index (Phi) is 8.13. The molecule has 43 heavy (non-hydrogen) atoms. The number of fused-ring (bicyclic) bond motifs is 1. The molecule has 218 valence electrons. The summed E-state index contributed by atoms with van der Waals surface area (Å²) in [6.45, 7) is 5.02. The van der Waals surface area contributed by atoms with Gasteiger partial charge in [-0.1, -0.05) is 47.5 Å². The average molecular weight is 620 g/mol. The van der Waals surface area contributed by atoms with Crippen LogP contribution in [0.2, 0.25) is 10.0 Å². The van der Waals surface area contributed by atoms with Crippen LogP contribution in [-0.2, 0) is 0 Å². The second-order valence-corrected chi connectivity index (χ2v) is 11.2. The maximum Gasteiger partial charge on any atom is 0.141 e. The molecule has 0 bridgehead atoms. The summed E-state index contributed by atoms with van der Waals surface area (Å²) in [5.41, 5.74) is 3.67. The smallest absolute Gasteiger partial charge is 0.141 e. The number of rotatable bonds is 8. The molecule has 0 spiro atoms. The van der Waals surface area contributed by atoms with E-state index in [1.807, 2.05) is 10.9 Å². The van der Waals surface area contributed by atoms with E-state index in [2.05, 4.69) is 43.8 Å². The van der Waals surface area contributed by atoms with Gasteiger partial charge in [0.2, 0.25) is 0 Å². The summed E-state index contributed by atoms with van der Waals surface area (Å²) >= 11 is 12.6. The predicted octanol–water partition coefficient (Wildman–Crippen LogP) is 7.49. The molecule has 2 atom stereocenters. The highest BCUT2D eigenvalue weighted by atomic mass is 35.5. The molecule has 1 unspecified atom stereocenters. The van der Waals surface area contributed by atoms with Crippen molar-refractivity contribution in [3.8, 4) is 6.07 Å². The number of hydrogen-bond donors (Lipinski definition) is 2. The van der Waals surface area contributed by atoms with E-state index in [4.69, 9.17) is 23.2 Å². The van der Waals surface area contributed by atoms with Gasteiger partial charge in [0, 0.05) is 35.4 Å². The van der Waals surface area contributed by atoms with Crippen molar-refractivity contribution in [1.29, 1.82) is 5.26 Å². The topological polar surface area (TPSA) is 94.7 Å². The number of anilines is 3. The Bertz CT molecular complexity index is 1840. The molecule has 12 heteroatoms. The molecule has 8 nitrogen and oxygen atoms in total. The lowest BCUT2D eigenvalue weighted by molar-refractivity contribution is 0.334. The molecule has 1 aliphatic rings. The van der Waals surface area contributed by atoms with E-state index in [0.29, 0.717) is 38.7 Å². The minimum atomic E-state index is -0.554. The quantitative estimate of drug-likeness (QED) is 0.186. The van der Waals surface area contributed by atoms with Crippen molar-refractivity contribution >= 4 is 51.2 Å². The van der Waals surface area contributed by atoms with E-state index in [9.17, 15) is 14.0 Å². The minimum absolute atomic E-state index is 0.0579. The van der Waals surface area contributed by atoms with Gasteiger partial charge in [0.05, 0.1) is 45.8 Å². The zero-order valence-corrected chi connectivity index (χ0v) is 24.5. The zero-order chi connectivity index (χ0) is 30.1. The van der Waals surface area contributed by atoms with E-state index in [0.717, 1.165) is 31.6 Å². The molecule has 3 aromatic carbocycles. The Balaban J connectivity index is 1.42. The number of likely N-dealkylation sites (tertiary alicyclic amines) is 1. The third kappa shape index (κ3) is 5.97. The van der Waals surface area contributed by atoms with Gasteiger partial charge in [-0.15, -0.1) is 5.10 Å². The Hall–Kier alpha value is -4.30. The third-order valence-corrected chi connectivity index (χ3v) is 8.15. The summed E-state index contributed by atoms with van der Waals surface area (Å²) in [5, 5.41) is 26.4. The van der Waals surface area contributed by atoms with Crippen molar-refractivity contribution in [3.63, 3.8) is 0 Å². The zero-order valence-electron chi connectivity index (χ0n) is 23.0. The number of halogens is 4. The fraction of sp³-hybridized carbons (Fsp3) is 0.226. The van der Waals surface area contributed by atoms with E-state index in [1.165, 1.54) is 36.5 Å². The number of likely N-dealkylation sites (N-methyl/N-ethyl adjacent to an activating group) is 1. The van der Waals surface area contributed by atoms with Crippen LogP contribution >= 0.6 is 23.2 Å². The molecule has 0 radical (unpaired) electrons. The van der Waals surface area contributed by atoms with Crippen LogP contribution < -0.4 is 10.6 Å². The van der Waals surface area contributed by atoms with Crippen LogP contribution in [0.15, 0.2) is 67.0 Å². The molecule has 6 rings (SSSR count). The van der Waals surface area contributed by atoms with Gasteiger partial charge < -0.3 is 15.5 Å². The van der Waals surface area contributed by atoms with Crippen molar-refractivity contribution < 1.29 is 8.78 Å². The number of nitrogens with one attached hydrogen (secondary N) is 2.